The van der Waals surface area contributed by atoms with E-state index in [1.807, 2.05) is 51.9 Å². The maximum absolute atomic E-state index is 13.8. The van der Waals surface area contributed by atoms with E-state index in [4.69, 9.17) is 4.98 Å². The third-order valence-electron chi connectivity index (χ3n) is 6.83. The summed E-state index contributed by atoms with van der Waals surface area (Å²) in [5.74, 6) is 1.02. The highest BCUT2D eigenvalue weighted by molar-refractivity contribution is 7.98. The zero-order valence-corrected chi connectivity index (χ0v) is 22.1. The van der Waals surface area contributed by atoms with Crippen LogP contribution in [0.2, 0.25) is 0 Å². The maximum atomic E-state index is 13.8. The van der Waals surface area contributed by atoms with E-state index in [9.17, 15) is 9.59 Å². The minimum absolute atomic E-state index is 0.0128. The summed E-state index contributed by atoms with van der Waals surface area (Å²) in [5.41, 5.74) is 3.97. The van der Waals surface area contributed by atoms with Crippen LogP contribution < -0.4 is 10.5 Å². The predicted molar refractivity (Wildman–Crippen MR) is 152 cm³/mol. The molecule has 186 valence electrons. The van der Waals surface area contributed by atoms with E-state index >= 15 is 0 Å². The molecule has 0 bridgehead atoms. The Morgan fingerprint density at radius 2 is 1.84 bits per heavy atom. The number of aromatic nitrogens is 3. The Kier molecular flexibility index (Phi) is 6.52. The summed E-state index contributed by atoms with van der Waals surface area (Å²) in [5, 5.41) is 1.63. The minimum atomic E-state index is -0.0128. The topological polar surface area (TPSA) is 68.1 Å². The Bertz CT molecular complexity index is 1640. The summed E-state index contributed by atoms with van der Waals surface area (Å²) >= 11 is 2.99. The molecular formula is C29H26N4O2S2. The lowest BCUT2D eigenvalue weighted by Crippen LogP contribution is -2.25. The van der Waals surface area contributed by atoms with Gasteiger partial charge in [0.25, 0.3) is 5.56 Å². The van der Waals surface area contributed by atoms with Gasteiger partial charge in [-0.25, -0.2) is 9.97 Å². The molecule has 6 rings (SSSR count). The van der Waals surface area contributed by atoms with Crippen LogP contribution in [-0.4, -0.2) is 27.0 Å². The number of pyridine rings is 1. The van der Waals surface area contributed by atoms with Crippen LogP contribution in [0.3, 0.4) is 0 Å². The van der Waals surface area contributed by atoms with Crippen molar-refractivity contribution in [2.45, 2.75) is 43.1 Å². The highest BCUT2D eigenvalue weighted by Crippen LogP contribution is 2.32. The summed E-state index contributed by atoms with van der Waals surface area (Å²) in [6.45, 7) is 3.48. The lowest BCUT2D eigenvalue weighted by Gasteiger charge is -2.18. The molecule has 0 unspecified atom stereocenters. The van der Waals surface area contributed by atoms with E-state index in [2.05, 4.69) is 36.2 Å². The summed E-state index contributed by atoms with van der Waals surface area (Å²) in [7, 11) is 0. The highest BCUT2D eigenvalue weighted by Gasteiger charge is 2.22. The lowest BCUT2D eigenvalue weighted by atomic mass is 10.0. The zero-order chi connectivity index (χ0) is 25.4. The molecule has 3 aromatic heterocycles. The van der Waals surface area contributed by atoms with Gasteiger partial charge in [0.2, 0.25) is 5.91 Å². The Morgan fingerprint density at radius 1 is 1.03 bits per heavy atom. The second-order valence-electron chi connectivity index (χ2n) is 9.36. The monoisotopic (exact) mass is 526 g/mol. The van der Waals surface area contributed by atoms with Gasteiger partial charge in [-0.15, -0.1) is 11.3 Å². The summed E-state index contributed by atoms with van der Waals surface area (Å²) in [6.07, 6.45) is 3.29. The normalized spacial score (nSPS) is 14.6. The van der Waals surface area contributed by atoms with Crippen molar-refractivity contribution in [1.82, 2.24) is 14.5 Å². The fourth-order valence-electron chi connectivity index (χ4n) is 4.81. The fraction of sp³-hybridized carbons (Fsp3) is 0.241. The largest absolute Gasteiger partial charge is 0.312 e. The molecule has 1 fully saturated rings. The van der Waals surface area contributed by atoms with Gasteiger partial charge in [-0.05, 0) is 47.7 Å². The Morgan fingerprint density at radius 3 is 2.59 bits per heavy atom. The Labute approximate surface area is 223 Å². The molecule has 37 heavy (non-hydrogen) atoms. The van der Waals surface area contributed by atoms with Crippen molar-refractivity contribution in [3.8, 4) is 0 Å². The van der Waals surface area contributed by atoms with Crippen LogP contribution in [0.4, 0.5) is 5.69 Å². The SMILES string of the molecule is C[C@H](Cn1c(SCc2ccc(N3CCCC3=O)cc2)nc2c(sc3ncccc32)c1=O)c1ccccc1. The van der Waals surface area contributed by atoms with Crippen LogP contribution in [-0.2, 0) is 17.1 Å². The molecule has 0 spiro atoms. The van der Waals surface area contributed by atoms with E-state index in [0.717, 1.165) is 39.9 Å². The van der Waals surface area contributed by atoms with Gasteiger partial charge in [0.05, 0.1) is 5.52 Å². The highest BCUT2D eigenvalue weighted by atomic mass is 32.2. The summed E-state index contributed by atoms with van der Waals surface area (Å²) in [4.78, 5) is 38.0. The van der Waals surface area contributed by atoms with Gasteiger partial charge in [-0.1, -0.05) is 61.2 Å². The van der Waals surface area contributed by atoms with Crippen LogP contribution in [0, 0.1) is 0 Å². The van der Waals surface area contributed by atoms with Gasteiger partial charge in [-0.2, -0.15) is 0 Å². The number of carbonyl (C=O) groups excluding carboxylic acids is 1. The van der Waals surface area contributed by atoms with Crippen molar-refractivity contribution < 1.29 is 4.79 Å². The molecule has 0 saturated carbocycles. The van der Waals surface area contributed by atoms with E-state index in [0.29, 0.717) is 28.6 Å². The van der Waals surface area contributed by atoms with Crippen LogP contribution in [0.1, 0.15) is 36.8 Å². The first-order valence-electron chi connectivity index (χ1n) is 12.4. The average Bonchev–Trinajstić information content (AvgIpc) is 3.53. The van der Waals surface area contributed by atoms with Crippen molar-refractivity contribution in [2.24, 2.45) is 0 Å². The number of thioether (sulfide) groups is 1. The number of nitrogens with zero attached hydrogens (tertiary/aromatic N) is 4. The van der Waals surface area contributed by atoms with Crippen molar-refractivity contribution >= 4 is 55.1 Å². The third kappa shape index (κ3) is 4.67. The van der Waals surface area contributed by atoms with Gasteiger partial charge in [0.1, 0.15) is 9.53 Å². The van der Waals surface area contributed by atoms with Gasteiger partial charge >= 0.3 is 0 Å². The number of hydrogen-bond acceptors (Lipinski definition) is 6. The van der Waals surface area contributed by atoms with Crippen LogP contribution in [0.5, 0.6) is 0 Å². The smallest absolute Gasteiger partial charge is 0.272 e. The average molecular weight is 527 g/mol. The van der Waals surface area contributed by atoms with Gasteiger partial charge < -0.3 is 4.90 Å². The van der Waals surface area contributed by atoms with E-state index in [-0.39, 0.29) is 17.4 Å². The van der Waals surface area contributed by atoms with Crippen LogP contribution in [0.15, 0.2) is 82.9 Å². The maximum Gasteiger partial charge on any atom is 0.272 e. The first-order chi connectivity index (χ1) is 18.1. The minimum Gasteiger partial charge on any atom is -0.312 e. The number of thiophene rings is 1. The Hall–Kier alpha value is -3.49. The third-order valence-corrected chi connectivity index (χ3v) is 8.97. The number of hydrogen-bond donors (Lipinski definition) is 0. The van der Waals surface area contributed by atoms with Gasteiger partial charge in [0, 0.05) is 42.5 Å². The quantitative estimate of drug-likeness (QED) is 0.186. The van der Waals surface area contributed by atoms with Crippen molar-refractivity contribution in [2.75, 3.05) is 11.4 Å². The van der Waals surface area contributed by atoms with Gasteiger partial charge in [-0.3, -0.25) is 14.2 Å². The number of carbonyl (C=O) groups is 1. The predicted octanol–water partition coefficient (Wildman–Crippen LogP) is 6.23. The number of amides is 1. The number of fused-ring (bicyclic) bond motifs is 3. The molecule has 0 N–H and O–H groups in total. The molecule has 1 saturated heterocycles. The molecule has 0 aliphatic carbocycles. The molecule has 1 aliphatic heterocycles. The summed E-state index contributed by atoms with van der Waals surface area (Å²) < 4.78 is 2.48. The number of benzene rings is 2. The van der Waals surface area contributed by atoms with E-state index in [1.165, 1.54) is 16.9 Å². The Balaban J connectivity index is 1.34. The molecule has 2 aromatic carbocycles. The molecule has 1 amide bonds. The van der Waals surface area contributed by atoms with E-state index < -0.39 is 0 Å². The molecule has 1 atom stereocenters. The number of rotatable bonds is 7. The molecule has 4 heterocycles. The molecular weight excluding hydrogens is 500 g/mol. The second kappa shape index (κ2) is 10.1. The lowest BCUT2D eigenvalue weighted by molar-refractivity contribution is -0.117. The van der Waals surface area contributed by atoms with Crippen molar-refractivity contribution in [3.63, 3.8) is 0 Å². The van der Waals surface area contributed by atoms with Crippen LogP contribution >= 0.6 is 23.1 Å². The number of anilines is 1. The molecule has 0 radical (unpaired) electrons. The van der Waals surface area contributed by atoms with Crippen molar-refractivity contribution in [1.29, 1.82) is 0 Å². The summed E-state index contributed by atoms with van der Waals surface area (Å²) in [6, 6.07) is 22.3. The fourth-order valence-corrected chi connectivity index (χ4v) is 6.80. The molecule has 1 aliphatic rings. The van der Waals surface area contributed by atoms with Gasteiger partial charge in [0.15, 0.2) is 5.16 Å². The van der Waals surface area contributed by atoms with Crippen molar-refractivity contribution in [3.05, 3.63) is 94.4 Å². The first-order valence-corrected chi connectivity index (χ1v) is 14.2. The van der Waals surface area contributed by atoms with E-state index in [1.54, 1.807) is 18.0 Å². The first kappa shape index (κ1) is 23.9. The van der Waals surface area contributed by atoms with Crippen LogP contribution in [0.25, 0.3) is 20.4 Å². The standard InChI is InChI=1S/C29H26N4O2S2/c1-19(21-7-3-2-4-8-21)17-33-28(35)26-25(23-9-5-15-30-27(23)37-26)31-29(33)36-18-20-11-13-22(14-12-20)32-16-6-10-24(32)34/h2-5,7-9,11-15,19H,6,10,16-18H2,1H3/t19-/m1/s1. The molecule has 8 heteroatoms. The molecule has 5 aromatic rings. The zero-order valence-electron chi connectivity index (χ0n) is 20.5. The molecule has 6 nitrogen and oxygen atoms in total. The second-order valence-corrected chi connectivity index (χ2v) is 11.3.